The molecule has 2 heterocycles. The van der Waals surface area contributed by atoms with Crippen LogP contribution in [0.5, 0.6) is 5.88 Å². The summed E-state index contributed by atoms with van der Waals surface area (Å²) in [4.78, 5) is 6.45. The molecule has 6 nitrogen and oxygen atoms in total. The first-order chi connectivity index (χ1) is 15.0. The second kappa shape index (κ2) is 9.34. The standard InChI is InChI=1S/C24H29N3O3S/c1-18(22-9-5-7-20-6-3-4-8-23(20)22)27-14-11-21(12-15-27)31(28,29)26-17-19-10-13-25-24(16-19)30-2/h3-10,13,16,18,21,26H,11-12,14-15,17H2,1-2H3. The summed E-state index contributed by atoms with van der Waals surface area (Å²) in [5, 5.41) is 2.13. The Morgan fingerprint density at radius 2 is 1.87 bits per heavy atom. The zero-order valence-corrected chi connectivity index (χ0v) is 18.8. The molecule has 0 bridgehead atoms. The summed E-state index contributed by atoms with van der Waals surface area (Å²) in [6.45, 7) is 3.98. The van der Waals surface area contributed by atoms with Crippen LogP contribution in [0.15, 0.2) is 60.8 Å². The van der Waals surface area contributed by atoms with Crippen LogP contribution in [0.25, 0.3) is 10.8 Å². The highest BCUT2D eigenvalue weighted by Gasteiger charge is 2.31. The number of nitrogens with one attached hydrogen (secondary N) is 1. The SMILES string of the molecule is COc1cc(CNS(=O)(=O)C2CCN(C(C)c3cccc4ccccc34)CC2)ccn1. The van der Waals surface area contributed by atoms with Gasteiger partial charge in [0.25, 0.3) is 0 Å². The molecule has 31 heavy (non-hydrogen) atoms. The minimum atomic E-state index is -3.39. The molecule has 0 saturated carbocycles. The fourth-order valence-electron chi connectivity index (χ4n) is 4.36. The molecule has 3 aromatic rings. The molecule has 0 aliphatic carbocycles. The normalized spacial score (nSPS) is 17.0. The summed E-state index contributed by atoms with van der Waals surface area (Å²) in [5.74, 6) is 0.479. The van der Waals surface area contributed by atoms with Crippen LogP contribution in [0.2, 0.25) is 0 Å². The van der Waals surface area contributed by atoms with E-state index < -0.39 is 10.0 Å². The number of hydrogen-bond donors (Lipinski definition) is 1. The Morgan fingerprint density at radius 1 is 1.13 bits per heavy atom. The number of pyridine rings is 1. The van der Waals surface area contributed by atoms with Crippen LogP contribution in [0.1, 0.15) is 36.9 Å². The summed E-state index contributed by atoms with van der Waals surface area (Å²) in [7, 11) is -1.84. The van der Waals surface area contributed by atoms with Crippen LogP contribution >= 0.6 is 0 Å². The summed E-state index contributed by atoms with van der Waals surface area (Å²) in [6.07, 6.45) is 2.88. The second-order valence-electron chi connectivity index (χ2n) is 8.05. The van der Waals surface area contributed by atoms with Crippen molar-refractivity contribution in [1.82, 2.24) is 14.6 Å². The Bertz CT molecular complexity index is 1140. The Balaban J connectivity index is 1.38. The quantitative estimate of drug-likeness (QED) is 0.605. The van der Waals surface area contributed by atoms with Crippen molar-refractivity contribution in [3.63, 3.8) is 0 Å². The van der Waals surface area contributed by atoms with Crippen molar-refractivity contribution in [3.05, 3.63) is 71.9 Å². The van der Waals surface area contributed by atoms with E-state index in [9.17, 15) is 8.42 Å². The van der Waals surface area contributed by atoms with E-state index in [1.165, 1.54) is 16.3 Å². The highest BCUT2D eigenvalue weighted by Crippen LogP contribution is 2.31. The van der Waals surface area contributed by atoms with Gasteiger partial charge in [-0.05, 0) is 47.7 Å². The van der Waals surface area contributed by atoms with Crippen LogP contribution in [-0.4, -0.2) is 43.8 Å². The van der Waals surface area contributed by atoms with Crippen molar-refractivity contribution in [3.8, 4) is 5.88 Å². The van der Waals surface area contributed by atoms with E-state index in [1.807, 2.05) is 0 Å². The predicted molar refractivity (Wildman–Crippen MR) is 124 cm³/mol. The van der Waals surface area contributed by atoms with Gasteiger partial charge < -0.3 is 4.74 Å². The highest BCUT2D eigenvalue weighted by molar-refractivity contribution is 7.90. The van der Waals surface area contributed by atoms with E-state index in [4.69, 9.17) is 4.74 Å². The van der Waals surface area contributed by atoms with E-state index in [1.54, 1.807) is 25.4 Å². The van der Waals surface area contributed by atoms with Crippen molar-refractivity contribution in [2.75, 3.05) is 20.2 Å². The number of rotatable bonds is 7. The van der Waals surface area contributed by atoms with Gasteiger partial charge in [-0.25, -0.2) is 18.1 Å². The zero-order chi connectivity index (χ0) is 21.8. The van der Waals surface area contributed by atoms with Crippen molar-refractivity contribution in [1.29, 1.82) is 0 Å². The molecular formula is C24H29N3O3S. The van der Waals surface area contributed by atoms with Crippen LogP contribution in [0.3, 0.4) is 0 Å². The number of likely N-dealkylation sites (tertiary alicyclic amines) is 1. The van der Waals surface area contributed by atoms with Crippen molar-refractivity contribution in [2.45, 2.75) is 37.6 Å². The predicted octanol–water partition coefficient (Wildman–Crippen LogP) is 3.89. The van der Waals surface area contributed by atoms with Gasteiger partial charge in [0.15, 0.2) is 0 Å². The molecule has 0 radical (unpaired) electrons. The van der Waals surface area contributed by atoms with Gasteiger partial charge >= 0.3 is 0 Å². The van der Waals surface area contributed by atoms with Gasteiger partial charge in [0.05, 0.1) is 12.4 Å². The lowest BCUT2D eigenvalue weighted by molar-refractivity contribution is 0.176. The van der Waals surface area contributed by atoms with E-state index in [-0.39, 0.29) is 17.8 Å². The number of ether oxygens (including phenoxy) is 1. The second-order valence-corrected chi connectivity index (χ2v) is 10.1. The van der Waals surface area contributed by atoms with Gasteiger partial charge in [-0.15, -0.1) is 0 Å². The molecule has 1 N–H and O–H groups in total. The van der Waals surface area contributed by atoms with Crippen LogP contribution in [-0.2, 0) is 16.6 Å². The molecule has 164 valence electrons. The maximum absolute atomic E-state index is 12.9. The average Bonchev–Trinajstić information content (AvgIpc) is 2.82. The van der Waals surface area contributed by atoms with Gasteiger partial charge in [-0.1, -0.05) is 42.5 Å². The maximum Gasteiger partial charge on any atom is 0.214 e. The minimum absolute atomic E-state index is 0.243. The molecule has 0 amide bonds. The lowest BCUT2D eigenvalue weighted by Gasteiger charge is -2.36. The maximum atomic E-state index is 12.9. The molecule has 7 heteroatoms. The van der Waals surface area contributed by atoms with E-state index in [0.29, 0.717) is 18.7 Å². The van der Waals surface area contributed by atoms with Gasteiger partial charge in [-0.3, -0.25) is 4.90 Å². The van der Waals surface area contributed by atoms with Crippen molar-refractivity contribution in [2.24, 2.45) is 0 Å². The van der Waals surface area contributed by atoms with Gasteiger partial charge in [0.2, 0.25) is 15.9 Å². The molecule has 0 spiro atoms. The fraction of sp³-hybridized carbons (Fsp3) is 0.375. The lowest BCUT2D eigenvalue weighted by atomic mass is 9.97. The van der Waals surface area contributed by atoms with E-state index in [0.717, 1.165) is 18.7 Å². The lowest BCUT2D eigenvalue weighted by Crippen LogP contribution is -2.44. The average molecular weight is 440 g/mol. The van der Waals surface area contributed by atoms with Gasteiger partial charge in [0, 0.05) is 37.9 Å². The molecule has 1 fully saturated rings. The highest BCUT2D eigenvalue weighted by atomic mass is 32.2. The molecule has 1 aliphatic rings. The first kappa shape index (κ1) is 21.7. The van der Waals surface area contributed by atoms with Crippen LogP contribution in [0, 0.1) is 0 Å². The number of aromatic nitrogens is 1. The summed E-state index contributed by atoms with van der Waals surface area (Å²) < 4.78 is 33.6. The first-order valence-electron chi connectivity index (χ1n) is 10.7. The van der Waals surface area contributed by atoms with E-state index in [2.05, 4.69) is 64.0 Å². The molecule has 1 aromatic heterocycles. The zero-order valence-electron chi connectivity index (χ0n) is 18.0. The third kappa shape index (κ3) is 4.89. The number of nitrogens with zero attached hydrogens (tertiary/aromatic N) is 2. The third-order valence-electron chi connectivity index (χ3n) is 6.22. The Morgan fingerprint density at radius 3 is 2.65 bits per heavy atom. The van der Waals surface area contributed by atoms with Gasteiger partial charge in [-0.2, -0.15) is 0 Å². The van der Waals surface area contributed by atoms with Crippen LogP contribution in [0.4, 0.5) is 0 Å². The Kier molecular flexibility index (Phi) is 6.55. The number of fused-ring (bicyclic) bond motifs is 1. The first-order valence-corrected chi connectivity index (χ1v) is 12.2. The summed E-state index contributed by atoms with van der Waals surface area (Å²) in [5.41, 5.74) is 2.13. The Hall–Kier alpha value is -2.48. The molecule has 2 aromatic carbocycles. The number of hydrogen-bond acceptors (Lipinski definition) is 5. The molecular weight excluding hydrogens is 410 g/mol. The largest absolute Gasteiger partial charge is 0.481 e. The van der Waals surface area contributed by atoms with Crippen LogP contribution < -0.4 is 9.46 Å². The Labute approximate surface area is 184 Å². The topological polar surface area (TPSA) is 71.5 Å². The molecule has 1 unspecified atom stereocenters. The summed E-state index contributed by atoms with van der Waals surface area (Å²) in [6, 6.07) is 18.6. The molecule has 1 saturated heterocycles. The monoisotopic (exact) mass is 439 g/mol. The van der Waals surface area contributed by atoms with Crippen molar-refractivity contribution < 1.29 is 13.2 Å². The number of piperidine rings is 1. The summed E-state index contributed by atoms with van der Waals surface area (Å²) >= 11 is 0. The third-order valence-corrected chi connectivity index (χ3v) is 8.12. The van der Waals surface area contributed by atoms with Gasteiger partial charge in [0.1, 0.15) is 0 Å². The molecule has 1 aliphatic heterocycles. The van der Waals surface area contributed by atoms with E-state index >= 15 is 0 Å². The minimum Gasteiger partial charge on any atom is -0.481 e. The van der Waals surface area contributed by atoms with Crippen molar-refractivity contribution >= 4 is 20.8 Å². The number of methoxy groups -OCH3 is 1. The number of sulfonamides is 1. The number of benzene rings is 2. The molecule has 4 rings (SSSR count). The smallest absolute Gasteiger partial charge is 0.214 e. The fourth-order valence-corrected chi connectivity index (χ4v) is 5.79. The molecule has 1 atom stereocenters.